The third-order valence-corrected chi connectivity index (χ3v) is 4.67. The number of benzene rings is 1. The fraction of sp³-hybridized carbons (Fsp3) is 0.0526. The van der Waals surface area contributed by atoms with Gasteiger partial charge in [0.1, 0.15) is 5.75 Å². The van der Waals surface area contributed by atoms with Crippen LogP contribution in [0.25, 0.3) is 27.7 Å². The number of methoxy groups -OCH3 is 1. The van der Waals surface area contributed by atoms with Gasteiger partial charge in [-0.05, 0) is 29.8 Å². The molecule has 0 amide bonds. The van der Waals surface area contributed by atoms with Gasteiger partial charge in [-0.3, -0.25) is 9.78 Å². The molecule has 0 bridgehead atoms. The molecular weight excluding hydrogens is 348 g/mol. The molecule has 0 N–H and O–H groups in total. The van der Waals surface area contributed by atoms with Gasteiger partial charge in [0.2, 0.25) is 4.96 Å². The van der Waals surface area contributed by atoms with E-state index in [4.69, 9.17) is 4.74 Å². The quantitative estimate of drug-likeness (QED) is 0.557. The van der Waals surface area contributed by atoms with Gasteiger partial charge in [-0.2, -0.15) is 9.61 Å². The maximum atomic E-state index is 12.4. The summed E-state index contributed by atoms with van der Waals surface area (Å²) in [5.74, 6) is 0.705. The van der Waals surface area contributed by atoms with Crippen molar-refractivity contribution in [3.63, 3.8) is 0 Å². The minimum atomic E-state index is -0.224. The second kappa shape index (κ2) is 6.89. The molecule has 0 radical (unpaired) electrons. The summed E-state index contributed by atoms with van der Waals surface area (Å²) < 4.78 is 6.69. The summed E-state index contributed by atoms with van der Waals surface area (Å²) in [7, 11) is 1.61. The molecule has 6 nitrogen and oxygen atoms in total. The van der Waals surface area contributed by atoms with Crippen LogP contribution in [0.1, 0.15) is 11.3 Å². The van der Waals surface area contributed by atoms with Gasteiger partial charge in [0.15, 0.2) is 5.01 Å². The predicted octanol–water partition coefficient (Wildman–Crippen LogP) is 3.39. The van der Waals surface area contributed by atoms with Crippen LogP contribution in [-0.2, 0) is 0 Å². The summed E-state index contributed by atoms with van der Waals surface area (Å²) in [5, 5.41) is 5.08. The fourth-order valence-electron chi connectivity index (χ4n) is 2.50. The average molecular weight is 362 g/mol. The van der Waals surface area contributed by atoms with E-state index in [-0.39, 0.29) is 5.56 Å². The molecule has 4 aromatic rings. The van der Waals surface area contributed by atoms with E-state index >= 15 is 0 Å². The van der Waals surface area contributed by atoms with Crippen LogP contribution in [0, 0.1) is 0 Å². The van der Waals surface area contributed by atoms with Crippen molar-refractivity contribution in [2.45, 2.75) is 0 Å². The molecule has 4 rings (SSSR count). The summed E-state index contributed by atoms with van der Waals surface area (Å²) in [5.41, 5.74) is 2.12. The highest BCUT2D eigenvalue weighted by Crippen LogP contribution is 2.32. The summed E-state index contributed by atoms with van der Waals surface area (Å²) in [6.07, 6.45) is 7.12. The molecule has 0 aliphatic rings. The van der Waals surface area contributed by atoms with Gasteiger partial charge in [-0.1, -0.05) is 35.6 Å². The lowest BCUT2D eigenvalue weighted by atomic mass is 10.2. The Kier molecular flexibility index (Phi) is 4.28. The van der Waals surface area contributed by atoms with Crippen molar-refractivity contribution in [2.75, 3.05) is 7.11 Å². The van der Waals surface area contributed by atoms with E-state index < -0.39 is 0 Å². The second-order valence-electron chi connectivity index (χ2n) is 5.44. The van der Waals surface area contributed by atoms with Gasteiger partial charge >= 0.3 is 0 Å². The smallest absolute Gasteiger partial charge is 0.275 e. The number of para-hydroxylation sites is 1. The number of ether oxygens (including phenoxy) is 1. The van der Waals surface area contributed by atoms with Gasteiger partial charge < -0.3 is 4.74 Å². The normalized spacial score (nSPS) is 11.3. The highest BCUT2D eigenvalue weighted by molar-refractivity contribution is 7.19. The monoisotopic (exact) mass is 362 g/mol. The molecule has 3 aromatic heterocycles. The van der Waals surface area contributed by atoms with Crippen LogP contribution in [-0.4, -0.2) is 26.7 Å². The molecule has 7 heteroatoms. The van der Waals surface area contributed by atoms with Crippen molar-refractivity contribution in [3.05, 3.63) is 76.5 Å². The molecule has 0 saturated heterocycles. The summed E-state index contributed by atoms with van der Waals surface area (Å²) in [6.45, 7) is 0. The Hall–Kier alpha value is -3.32. The van der Waals surface area contributed by atoms with E-state index in [9.17, 15) is 4.79 Å². The maximum Gasteiger partial charge on any atom is 0.275 e. The molecule has 1 aromatic carbocycles. The van der Waals surface area contributed by atoms with E-state index in [1.54, 1.807) is 25.6 Å². The van der Waals surface area contributed by atoms with Crippen molar-refractivity contribution >= 4 is 28.4 Å². The summed E-state index contributed by atoms with van der Waals surface area (Å²) >= 11 is 1.34. The standard InChI is InChI=1S/C19H14N4O2S/c1-25-16-7-3-2-6-15(16)18-22-23-17(24)11-14(21-19(23)26-18)9-8-13-5-4-10-20-12-13/h2-12H,1H3. The minimum absolute atomic E-state index is 0.224. The summed E-state index contributed by atoms with van der Waals surface area (Å²) in [4.78, 5) is 21.5. The van der Waals surface area contributed by atoms with Crippen molar-refractivity contribution < 1.29 is 4.74 Å². The lowest BCUT2D eigenvalue weighted by Gasteiger charge is -2.03. The highest BCUT2D eigenvalue weighted by Gasteiger charge is 2.13. The Morgan fingerprint density at radius 2 is 2.04 bits per heavy atom. The first-order valence-corrected chi connectivity index (χ1v) is 8.69. The van der Waals surface area contributed by atoms with Crippen LogP contribution in [0.4, 0.5) is 0 Å². The number of nitrogens with zero attached hydrogens (tertiary/aromatic N) is 4. The summed E-state index contributed by atoms with van der Waals surface area (Å²) in [6, 6.07) is 12.8. The van der Waals surface area contributed by atoms with Gasteiger partial charge in [-0.15, -0.1) is 0 Å². The first-order chi connectivity index (χ1) is 12.7. The fourth-order valence-corrected chi connectivity index (χ4v) is 3.44. The van der Waals surface area contributed by atoms with Crippen molar-refractivity contribution in [3.8, 4) is 16.3 Å². The van der Waals surface area contributed by atoms with Crippen LogP contribution < -0.4 is 10.3 Å². The number of hydrogen-bond donors (Lipinski definition) is 0. The minimum Gasteiger partial charge on any atom is -0.496 e. The molecule has 128 valence electrons. The van der Waals surface area contributed by atoms with Crippen molar-refractivity contribution in [1.82, 2.24) is 19.6 Å². The van der Waals surface area contributed by atoms with E-state index in [2.05, 4.69) is 15.1 Å². The largest absolute Gasteiger partial charge is 0.496 e. The highest BCUT2D eigenvalue weighted by atomic mass is 32.1. The topological polar surface area (TPSA) is 69.4 Å². The Bertz CT molecular complexity index is 1150. The molecule has 26 heavy (non-hydrogen) atoms. The van der Waals surface area contributed by atoms with Crippen LogP contribution in [0.3, 0.4) is 0 Å². The maximum absolute atomic E-state index is 12.4. The molecule has 0 aliphatic heterocycles. The lowest BCUT2D eigenvalue weighted by Crippen LogP contribution is -2.14. The molecule has 3 heterocycles. The first-order valence-electron chi connectivity index (χ1n) is 7.87. The molecule has 0 spiro atoms. The predicted molar refractivity (Wildman–Crippen MR) is 102 cm³/mol. The van der Waals surface area contributed by atoms with E-state index in [0.717, 1.165) is 11.1 Å². The zero-order valence-electron chi connectivity index (χ0n) is 13.9. The number of hydrogen-bond acceptors (Lipinski definition) is 6. The molecule has 0 aliphatic carbocycles. The third-order valence-electron chi connectivity index (χ3n) is 3.73. The third kappa shape index (κ3) is 3.12. The average Bonchev–Trinajstić information content (AvgIpc) is 3.12. The van der Waals surface area contributed by atoms with E-state index in [1.165, 1.54) is 21.9 Å². The molecule has 0 saturated carbocycles. The Balaban J connectivity index is 1.76. The zero-order valence-corrected chi connectivity index (χ0v) is 14.7. The number of aromatic nitrogens is 4. The molecule has 0 fully saturated rings. The van der Waals surface area contributed by atoms with Gasteiger partial charge in [-0.25, -0.2) is 4.98 Å². The van der Waals surface area contributed by atoms with Crippen LogP contribution in [0.5, 0.6) is 5.75 Å². The lowest BCUT2D eigenvalue weighted by molar-refractivity contribution is 0.416. The van der Waals surface area contributed by atoms with Crippen molar-refractivity contribution in [1.29, 1.82) is 0 Å². The molecule has 0 unspecified atom stereocenters. The second-order valence-corrected chi connectivity index (χ2v) is 6.40. The van der Waals surface area contributed by atoms with E-state index in [0.29, 0.717) is 21.4 Å². The Morgan fingerprint density at radius 1 is 1.15 bits per heavy atom. The number of pyridine rings is 1. The first kappa shape index (κ1) is 16.2. The van der Waals surface area contributed by atoms with Crippen LogP contribution in [0.2, 0.25) is 0 Å². The Labute approximate surface area is 153 Å². The SMILES string of the molecule is COc1ccccc1-c1nn2c(=O)cc(C=Cc3cccnc3)nc2s1. The van der Waals surface area contributed by atoms with Crippen molar-refractivity contribution in [2.24, 2.45) is 0 Å². The van der Waals surface area contributed by atoms with Crippen LogP contribution in [0.15, 0.2) is 59.7 Å². The Morgan fingerprint density at radius 3 is 2.85 bits per heavy atom. The molecule has 0 atom stereocenters. The zero-order chi connectivity index (χ0) is 17.9. The van der Waals surface area contributed by atoms with E-state index in [1.807, 2.05) is 42.5 Å². The number of rotatable bonds is 4. The van der Waals surface area contributed by atoms with Gasteiger partial charge in [0.25, 0.3) is 5.56 Å². The van der Waals surface area contributed by atoms with Gasteiger partial charge in [0.05, 0.1) is 18.4 Å². The number of fused-ring (bicyclic) bond motifs is 1. The molecular formula is C19H14N4O2S. The van der Waals surface area contributed by atoms with Gasteiger partial charge in [0, 0.05) is 18.5 Å². The van der Waals surface area contributed by atoms with Crippen LogP contribution >= 0.6 is 11.3 Å².